The van der Waals surface area contributed by atoms with Gasteiger partial charge >= 0.3 is 5.97 Å². The topological polar surface area (TPSA) is 95.9 Å². The summed E-state index contributed by atoms with van der Waals surface area (Å²) < 4.78 is 5.47. The molecule has 0 aromatic rings. The van der Waals surface area contributed by atoms with Gasteiger partial charge in [0.25, 0.3) is 0 Å². The Hall–Kier alpha value is -1.92. The van der Waals surface area contributed by atoms with Crippen LogP contribution in [0.4, 0.5) is 0 Å². The Kier molecular flexibility index (Phi) is 63.0. The number of allylic oxidation sites excluding steroid dienone is 6. The fourth-order valence-corrected chi connectivity index (χ4v) is 10.5. The number of aliphatic hydroxyl groups is 2. The van der Waals surface area contributed by atoms with Crippen molar-refractivity contribution >= 4 is 11.9 Å². The van der Waals surface area contributed by atoms with E-state index in [1.165, 1.54) is 283 Å². The Labute approximate surface area is 468 Å². The molecule has 0 aromatic carbocycles. The zero-order valence-corrected chi connectivity index (χ0v) is 50.5. The Bertz CT molecular complexity index is 1210. The molecule has 0 spiro atoms. The molecule has 1 amide bonds. The van der Waals surface area contributed by atoms with Crippen molar-refractivity contribution in [3.8, 4) is 0 Å². The number of carbonyl (C=O) groups is 2. The van der Waals surface area contributed by atoms with Gasteiger partial charge in [-0.3, -0.25) is 9.59 Å². The van der Waals surface area contributed by atoms with Crippen molar-refractivity contribution in [2.75, 3.05) is 13.2 Å². The van der Waals surface area contributed by atoms with Crippen LogP contribution in [-0.4, -0.2) is 47.4 Å². The van der Waals surface area contributed by atoms with E-state index < -0.39 is 12.1 Å². The predicted molar refractivity (Wildman–Crippen MR) is 329 cm³/mol. The maximum absolute atomic E-state index is 12.5. The van der Waals surface area contributed by atoms with E-state index in [1.54, 1.807) is 0 Å². The minimum Gasteiger partial charge on any atom is -0.466 e. The molecule has 75 heavy (non-hydrogen) atoms. The van der Waals surface area contributed by atoms with Crippen LogP contribution in [0, 0.1) is 0 Å². The molecular weight excluding hydrogens is 923 g/mol. The lowest BCUT2D eigenvalue weighted by atomic mass is 10.0. The van der Waals surface area contributed by atoms with E-state index in [9.17, 15) is 19.8 Å². The van der Waals surface area contributed by atoms with Crippen LogP contribution in [0.1, 0.15) is 367 Å². The molecule has 0 radical (unpaired) electrons. The zero-order chi connectivity index (χ0) is 54.3. The number of carbonyl (C=O) groups excluding carboxylic acids is 2. The van der Waals surface area contributed by atoms with Gasteiger partial charge in [0.1, 0.15) is 0 Å². The Balaban J connectivity index is 3.39. The first kappa shape index (κ1) is 73.1. The van der Waals surface area contributed by atoms with Crippen LogP contribution in [0.2, 0.25) is 0 Å². The van der Waals surface area contributed by atoms with Gasteiger partial charge in [-0.2, -0.15) is 0 Å². The van der Waals surface area contributed by atoms with Crippen molar-refractivity contribution in [2.45, 2.75) is 379 Å². The third-order valence-corrected chi connectivity index (χ3v) is 15.6. The molecule has 0 saturated carbocycles. The molecule has 0 fully saturated rings. The fraction of sp³-hybridized carbons (Fsp3) is 0.884. The van der Waals surface area contributed by atoms with Crippen molar-refractivity contribution in [3.63, 3.8) is 0 Å². The number of amides is 1. The van der Waals surface area contributed by atoms with Gasteiger partial charge in [0.15, 0.2) is 0 Å². The minimum atomic E-state index is -0.665. The van der Waals surface area contributed by atoms with E-state index in [-0.39, 0.29) is 18.5 Å². The molecule has 0 saturated heterocycles. The molecule has 0 aromatic heterocycles. The molecule has 0 heterocycles. The van der Waals surface area contributed by atoms with Gasteiger partial charge in [-0.05, 0) is 77.0 Å². The molecule has 6 nitrogen and oxygen atoms in total. The number of esters is 1. The van der Waals surface area contributed by atoms with Crippen molar-refractivity contribution in [2.24, 2.45) is 0 Å². The second-order valence-electron chi connectivity index (χ2n) is 23.1. The third-order valence-electron chi connectivity index (χ3n) is 15.6. The number of aliphatic hydroxyl groups excluding tert-OH is 2. The lowest BCUT2D eigenvalue weighted by Crippen LogP contribution is -2.45. The number of hydrogen-bond acceptors (Lipinski definition) is 5. The summed E-state index contributed by atoms with van der Waals surface area (Å²) in [6.45, 7) is 4.91. The maximum Gasteiger partial charge on any atom is 0.305 e. The summed E-state index contributed by atoms with van der Waals surface area (Å²) >= 11 is 0. The first-order valence-corrected chi connectivity index (χ1v) is 33.7. The third kappa shape index (κ3) is 61.2. The van der Waals surface area contributed by atoms with Gasteiger partial charge in [0.05, 0.1) is 25.4 Å². The lowest BCUT2D eigenvalue weighted by molar-refractivity contribution is -0.143. The molecule has 0 bridgehead atoms. The van der Waals surface area contributed by atoms with Crippen molar-refractivity contribution in [3.05, 3.63) is 36.5 Å². The summed E-state index contributed by atoms with van der Waals surface area (Å²) in [6, 6.07) is -0.543. The highest BCUT2D eigenvalue weighted by Crippen LogP contribution is 2.18. The van der Waals surface area contributed by atoms with Crippen molar-refractivity contribution in [1.29, 1.82) is 0 Å². The van der Waals surface area contributed by atoms with E-state index in [1.807, 2.05) is 0 Å². The quantitative estimate of drug-likeness (QED) is 0.0320. The molecule has 442 valence electrons. The molecular formula is C69H131NO5. The number of nitrogens with one attached hydrogen (secondary N) is 1. The van der Waals surface area contributed by atoms with Gasteiger partial charge in [0, 0.05) is 12.8 Å². The van der Waals surface area contributed by atoms with Crippen LogP contribution in [0.3, 0.4) is 0 Å². The molecule has 0 aliphatic rings. The van der Waals surface area contributed by atoms with Crippen LogP contribution < -0.4 is 5.32 Å². The number of unbranched alkanes of at least 4 members (excludes halogenated alkanes) is 46. The second kappa shape index (κ2) is 64.6. The van der Waals surface area contributed by atoms with Gasteiger partial charge in [-0.25, -0.2) is 0 Å². The molecule has 0 aliphatic carbocycles. The Morgan fingerprint density at radius 1 is 0.373 bits per heavy atom. The van der Waals surface area contributed by atoms with Crippen LogP contribution >= 0.6 is 0 Å². The van der Waals surface area contributed by atoms with E-state index in [0.29, 0.717) is 25.9 Å². The van der Waals surface area contributed by atoms with Crippen LogP contribution in [0.15, 0.2) is 36.5 Å². The first-order valence-electron chi connectivity index (χ1n) is 33.7. The van der Waals surface area contributed by atoms with Gasteiger partial charge < -0.3 is 20.3 Å². The summed E-state index contributed by atoms with van der Waals surface area (Å²) in [5.41, 5.74) is 0. The minimum absolute atomic E-state index is 0.0000343. The van der Waals surface area contributed by atoms with Gasteiger partial charge in [-0.1, -0.05) is 314 Å². The highest BCUT2D eigenvalue weighted by Gasteiger charge is 2.20. The normalized spacial score (nSPS) is 12.7. The lowest BCUT2D eigenvalue weighted by Gasteiger charge is -2.22. The summed E-state index contributed by atoms with van der Waals surface area (Å²) in [7, 11) is 0. The molecule has 3 N–H and O–H groups in total. The molecule has 2 unspecified atom stereocenters. The average molecular weight is 1050 g/mol. The fourth-order valence-electron chi connectivity index (χ4n) is 10.5. The number of rotatable bonds is 63. The van der Waals surface area contributed by atoms with Crippen molar-refractivity contribution in [1.82, 2.24) is 5.32 Å². The summed E-state index contributed by atoms with van der Waals surface area (Å²) in [4.78, 5) is 24.6. The molecule has 6 heteroatoms. The zero-order valence-electron chi connectivity index (χ0n) is 50.5. The smallest absolute Gasteiger partial charge is 0.305 e. The SMILES string of the molecule is CCC/C=C\C/C=C\CCCCCCCC(=O)OCCCCCCCCCCCCCC/C=C\CCCCCCCCCCCCCC(=O)NC(CO)C(O)CCCCCCCCCCCCCCCCCCCC. The van der Waals surface area contributed by atoms with E-state index in [2.05, 4.69) is 55.6 Å². The van der Waals surface area contributed by atoms with E-state index in [0.717, 1.165) is 51.4 Å². The Morgan fingerprint density at radius 3 is 1.08 bits per heavy atom. The number of ether oxygens (including phenoxy) is 1. The molecule has 0 rings (SSSR count). The summed E-state index contributed by atoms with van der Waals surface area (Å²) in [5.74, 6) is -0.0329. The average Bonchev–Trinajstić information content (AvgIpc) is 3.41. The van der Waals surface area contributed by atoms with E-state index >= 15 is 0 Å². The van der Waals surface area contributed by atoms with Crippen LogP contribution in [0.5, 0.6) is 0 Å². The van der Waals surface area contributed by atoms with Crippen LogP contribution in [0.25, 0.3) is 0 Å². The Morgan fingerprint density at radius 2 is 0.693 bits per heavy atom. The largest absolute Gasteiger partial charge is 0.466 e. The summed E-state index contributed by atoms with van der Waals surface area (Å²) in [6.07, 6.45) is 81.8. The first-order chi connectivity index (χ1) is 37.0. The summed E-state index contributed by atoms with van der Waals surface area (Å²) in [5, 5.41) is 23.4. The maximum atomic E-state index is 12.5. The predicted octanol–water partition coefficient (Wildman–Crippen LogP) is 21.5. The van der Waals surface area contributed by atoms with Crippen molar-refractivity contribution < 1.29 is 24.5 Å². The van der Waals surface area contributed by atoms with E-state index in [4.69, 9.17) is 4.74 Å². The highest BCUT2D eigenvalue weighted by molar-refractivity contribution is 5.76. The number of hydrogen-bond donors (Lipinski definition) is 3. The van der Waals surface area contributed by atoms with Gasteiger partial charge in [-0.15, -0.1) is 0 Å². The standard InChI is InChI=1S/C69H131NO5/c1-3-5-7-9-11-13-15-17-18-19-31-34-38-41-45-49-53-57-61-67(72)66(65-71)70-68(73)62-58-54-50-46-42-39-35-32-29-27-25-23-21-20-22-24-26-28-30-33-36-40-44-48-52-56-60-64-75-69(74)63-59-55-51-47-43-37-16-14-12-10-8-6-4-2/h8,10,14,16,20-21,66-67,71-72H,3-7,9,11-13,15,17-19,22-65H2,1-2H3,(H,70,73)/b10-8-,16-14-,21-20-. The molecule has 0 aliphatic heterocycles. The molecule has 2 atom stereocenters. The second-order valence-corrected chi connectivity index (χ2v) is 23.1. The van der Waals surface area contributed by atoms with Gasteiger partial charge in [0.2, 0.25) is 5.91 Å². The monoisotopic (exact) mass is 1050 g/mol. The highest BCUT2D eigenvalue weighted by atomic mass is 16.5. The van der Waals surface area contributed by atoms with Crippen LogP contribution in [-0.2, 0) is 14.3 Å².